The molecule has 0 bridgehead atoms. The smallest absolute Gasteiger partial charge is 0.296 e. The third kappa shape index (κ3) is 3.52. The zero-order chi connectivity index (χ0) is 25.3. The number of benzene rings is 2. The summed E-state index contributed by atoms with van der Waals surface area (Å²) < 4.78 is 10.8. The number of carbonyl (C=O) groups is 3. The van der Waals surface area contributed by atoms with E-state index in [2.05, 4.69) is 6.58 Å². The number of Topliss-reactive ketones (excluding diaryl/α,β-unsaturated/α-hetero) is 1. The van der Waals surface area contributed by atoms with Crippen molar-refractivity contribution in [3.63, 3.8) is 0 Å². The summed E-state index contributed by atoms with van der Waals surface area (Å²) in [5.41, 5.74) is 0.0664. The van der Waals surface area contributed by atoms with Gasteiger partial charge in [-0.05, 0) is 43.7 Å². The number of hydrogen-bond acceptors (Lipinski definition) is 6. The lowest BCUT2D eigenvalue weighted by molar-refractivity contribution is -0.144. The van der Waals surface area contributed by atoms with Crippen molar-refractivity contribution in [2.75, 3.05) is 38.3 Å². The van der Waals surface area contributed by atoms with E-state index in [1.54, 1.807) is 55.5 Å². The van der Waals surface area contributed by atoms with Crippen LogP contribution in [-0.2, 0) is 24.7 Å². The summed E-state index contributed by atoms with van der Waals surface area (Å²) in [5, 5.41) is 11.5. The normalized spacial score (nSPS) is 20.6. The number of hydrogen-bond donors (Lipinski definition) is 1. The van der Waals surface area contributed by atoms with E-state index in [0.29, 0.717) is 41.3 Å². The molecule has 0 aliphatic carbocycles. The molecule has 1 N–H and O–H groups in total. The second kappa shape index (κ2) is 9.38. The van der Waals surface area contributed by atoms with E-state index < -0.39 is 28.9 Å². The minimum Gasteiger partial charge on any atom is -0.507 e. The SMILES string of the molecule is C=CCOc1ccc(/C(O)=C2/C(=O)C(=O)N(CCOC)C23C(=O)N(CC)c2ccccc23)cc1C. The number of nitrogens with zero attached hydrogens (tertiary/aromatic N) is 2. The van der Waals surface area contributed by atoms with Crippen molar-refractivity contribution in [1.82, 2.24) is 4.90 Å². The molecule has 35 heavy (non-hydrogen) atoms. The van der Waals surface area contributed by atoms with Crippen molar-refractivity contribution in [3.8, 4) is 5.75 Å². The Morgan fingerprint density at radius 1 is 1.17 bits per heavy atom. The van der Waals surface area contributed by atoms with Gasteiger partial charge in [0.15, 0.2) is 5.54 Å². The highest BCUT2D eigenvalue weighted by Crippen LogP contribution is 2.53. The maximum absolute atomic E-state index is 14.0. The number of rotatable bonds is 8. The molecule has 2 amide bonds. The van der Waals surface area contributed by atoms with Gasteiger partial charge in [-0.2, -0.15) is 0 Å². The molecule has 2 aromatic rings. The van der Waals surface area contributed by atoms with Crippen LogP contribution in [0.25, 0.3) is 5.76 Å². The number of amides is 2. The highest BCUT2D eigenvalue weighted by molar-refractivity contribution is 6.50. The van der Waals surface area contributed by atoms with Crippen LogP contribution in [-0.4, -0.2) is 61.0 Å². The highest BCUT2D eigenvalue weighted by Gasteiger charge is 2.66. The van der Waals surface area contributed by atoms with Crippen LogP contribution in [0.4, 0.5) is 5.69 Å². The van der Waals surface area contributed by atoms with Gasteiger partial charge in [-0.15, -0.1) is 0 Å². The number of aryl methyl sites for hydroxylation is 1. The van der Waals surface area contributed by atoms with Crippen LogP contribution < -0.4 is 9.64 Å². The molecule has 0 saturated carbocycles. The number of likely N-dealkylation sites (N-methyl/N-ethyl adjacent to an activating group) is 1. The predicted molar refractivity (Wildman–Crippen MR) is 131 cm³/mol. The first kappa shape index (κ1) is 24.2. The molecule has 2 aliphatic heterocycles. The van der Waals surface area contributed by atoms with E-state index >= 15 is 0 Å². The first-order valence-corrected chi connectivity index (χ1v) is 11.4. The van der Waals surface area contributed by atoms with E-state index in [4.69, 9.17) is 9.47 Å². The Bertz CT molecular complexity index is 1250. The fourth-order valence-corrected chi connectivity index (χ4v) is 4.91. The zero-order valence-electron chi connectivity index (χ0n) is 20.0. The number of ether oxygens (including phenoxy) is 2. The lowest BCUT2D eigenvalue weighted by atomic mass is 9.82. The molecular weight excluding hydrogens is 448 g/mol. The Balaban J connectivity index is 1.98. The van der Waals surface area contributed by atoms with Crippen LogP contribution in [0, 0.1) is 6.92 Å². The largest absolute Gasteiger partial charge is 0.507 e. The molecule has 0 radical (unpaired) electrons. The highest BCUT2D eigenvalue weighted by atomic mass is 16.5. The van der Waals surface area contributed by atoms with Crippen LogP contribution in [0.15, 0.2) is 60.7 Å². The molecule has 182 valence electrons. The second-order valence-corrected chi connectivity index (χ2v) is 8.36. The molecule has 2 aliphatic rings. The zero-order valence-corrected chi connectivity index (χ0v) is 20.0. The van der Waals surface area contributed by atoms with Gasteiger partial charge in [0, 0.05) is 31.3 Å². The molecule has 1 saturated heterocycles. The second-order valence-electron chi connectivity index (χ2n) is 8.36. The van der Waals surface area contributed by atoms with E-state index in [1.165, 1.54) is 16.9 Å². The van der Waals surface area contributed by atoms with Crippen LogP contribution in [0.2, 0.25) is 0 Å². The van der Waals surface area contributed by atoms with Gasteiger partial charge in [0.2, 0.25) is 0 Å². The molecule has 2 heterocycles. The maximum Gasteiger partial charge on any atom is 0.296 e. The summed E-state index contributed by atoms with van der Waals surface area (Å²) in [5.74, 6) is -2.05. The van der Waals surface area contributed by atoms with Gasteiger partial charge < -0.3 is 24.4 Å². The van der Waals surface area contributed by atoms with Crippen molar-refractivity contribution in [3.05, 3.63) is 77.4 Å². The number of anilines is 1. The maximum atomic E-state index is 14.0. The first-order chi connectivity index (χ1) is 16.8. The number of ketones is 1. The van der Waals surface area contributed by atoms with Gasteiger partial charge in [0.25, 0.3) is 17.6 Å². The quantitative estimate of drug-likeness (QED) is 0.272. The summed E-state index contributed by atoms with van der Waals surface area (Å²) in [7, 11) is 1.48. The van der Waals surface area contributed by atoms with Gasteiger partial charge in [0.05, 0.1) is 17.9 Å². The van der Waals surface area contributed by atoms with Crippen molar-refractivity contribution < 1.29 is 29.0 Å². The summed E-state index contributed by atoms with van der Waals surface area (Å²) in [6, 6.07) is 12.0. The molecule has 0 aromatic heterocycles. The average Bonchev–Trinajstić information content (AvgIpc) is 3.24. The lowest BCUT2D eigenvalue weighted by Gasteiger charge is -2.34. The Hall–Kier alpha value is -3.91. The molecule has 4 rings (SSSR count). The topological polar surface area (TPSA) is 96.4 Å². The van der Waals surface area contributed by atoms with Crippen LogP contribution in [0.5, 0.6) is 5.75 Å². The Kier molecular flexibility index (Phi) is 6.49. The van der Waals surface area contributed by atoms with Crippen molar-refractivity contribution in [2.24, 2.45) is 0 Å². The van der Waals surface area contributed by atoms with Gasteiger partial charge in [-0.3, -0.25) is 14.4 Å². The fourth-order valence-electron chi connectivity index (χ4n) is 4.91. The fraction of sp³-hybridized carbons (Fsp3) is 0.296. The lowest BCUT2D eigenvalue weighted by Crippen LogP contribution is -2.52. The van der Waals surface area contributed by atoms with Crippen LogP contribution >= 0.6 is 0 Å². The Morgan fingerprint density at radius 2 is 1.91 bits per heavy atom. The monoisotopic (exact) mass is 476 g/mol. The number of para-hydroxylation sites is 1. The Labute approximate surface area is 204 Å². The summed E-state index contributed by atoms with van der Waals surface area (Å²) in [4.78, 5) is 43.5. The van der Waals surface area contributed by atoms with Crippen molar-refractivity contribution in [1.29, 1.82) is 0 Å². The summed E-state index contributed by atoms with van der Waals surface area (Å²) >= 11 is 0. The van der Waals surface area contributed by atoms with E-state index in [0.717, 1.165) is 0 Å². The number of aliphatic hydroxyl groups is 1. The summed E-state index contributed by atoms with van der Waals surface area (Å²) in [6.45, 7) is 8.03. The molecule has 1 atom stereocenters. The molecule has 8 heteroatoms. The number of aliphatic hydroxyl groups excluding tert-OH is 1. The average molecular weight is 477 g/mol. The van der Waals surface area contributed by atoms with Crippen LogP contribution in [0.1, 0.15) is 23.6 Å². The Morgan fingerprint density at radius 3 is 2.57 bits per heavy atom. The molecule has 1 unspecified atom stereocenters. The predicted octanol–water partition coefficient (Wildman–Crippen LogP) is 3.15. The van der Waals surface area contributed by atoms with E-state index in [1.807, 2.05) is 6.92 Å². The van der Waals surface area contributed by atoms with Gasteiger partial charge >= 0.3 is 0 Å². The van der Waals surface area contributed by atoms with E-state index in [-0.39, 0.29) is 18.7 Å². The number of methoxy groups -OCH3 is 1. The van der Waals surface area contributed by atoms with Crippen molar-refractivity contribution in [2.45, 2.75) is 19.4 Å². The number of likely N-dealkylation sites (tertiary alicyclic amines) is 1. The molecule has 2 aromatic carbocycles. The van der Waals surface area contributed by atoms with E-state index in [9.17, 15) is 19.5 Å². The minimum absolute atomic E-state index is 0.00282. The minimum atomic E-state index is -1.78. The van der Waals surface area contributed by atoms with Crippen molar-refractivity contribution >= 4 is 29.0 Å². The number of fused-ring (bicyclic) bond motifs is 2. The number of carbonyl (C=O) groups excluding carboxylic acids is 3. The molecular formula is C27H28N2O6. The van der Waals surface area contributed by atoms with Gasteiger partial charge in [-0.1, -0.05) is 30.9 Å². The third-order valence-corrected chi connectivity index (χ3v) is 6.45. The molecule has 1 spiro atoms. The van der Waals surface area contributed by atoms with Crippen LogP contribution in [0.3, 0.4) is 0 Å². The molecule has 1 fully saturated rings. The van der Waals surface area contributed by atoms with Gasteiger partial charge in [0.1, 0.15) is 18.1 Å². The standard InChI is InChI=1S/C27H28N2O6/c1-5-14-35-21-12-11-18(16-17(21)3)23(30)22-24(31)25(32)29(13-15-34-4)27(22)19-9-7-8-10-20(19)28(6-2)26(27)33/h5,7-12,16,30H,1,6,13-15H2,2-4H3/b23-22+. The molecule has 8 nitrogen and oxygen atoms in total. The first-order valence-electron chi connectivity index (χ1n) is 11.4. The van der Waals surface area contributed by atoms with Gasteiger partial charge in [-0.25, -0.2) is 0 Å². The third-order valence-electron chi connectivity index (χ3n) is 6.45. The summed E-state index contributed by atoms with van der Waals surface area (Å²) in [6.07, 6.45) is 1.62.